The van der Waals surface area contributed by atoms with Crippen molar-refractivity contribution in [3.8, 4) is 0 Å². The summed E-state index contributed by atoms with van der Waals surface area (Å²) < 4.78 is 29.5. The highest BCUT2D eigenvalue weighted by Crippen LogP contribution is 2.27. The first-order valence-electron chi connectivity index (χ1n) is 6.66. The van der Waals surface area contributed by atoms with Crippen LogP contribution in [-0.2, 0) is 10.0 Å². The molecule has 0 bridgehead atoms. The van der Waals surface area contributed by atoms with Crippen molar-refractivity contribution in [1.82, 2.24) is 9.78 Å². The Balaban J connectivity index is 2.49. The molecule has 0 atom stereocenters. The molecule has 114 valence electrons. The lowest BCUT2D eigenvalue weighted by molar-refractivity contribution is 0.539. The zero-order chi connectivity index (χ0) is 15.8. The van der Waals surface area contributed by atoms with E-state index in [1.807, 2.05) is 13.8 Å². The Morgan fingerprint density at radius 2 is 1.90 bits per heavy atom. The van der Waals surface area contributed by atoms with E-state index in [4.69, 9.17) is 5.73 Å². The highest BCUT2D eigenvalue weighted by Gasteiger charge is 2.22. The molecule has 0 aliphatic carbocycles. The molecule has 0 fully saturated rings. The van der Waals surface area contributed by atoms with Gasteiger partial charge in [0.1, 0.15) is 5.82 Å². The number of nitrogen functional groups attached to an aromatic ring is 1. The van der Waals surface area contributed by atoms with Crippen molar-refractivity contribution in [3.63, 3.8) is 0 Å². The van der Waals surface area contributed by atoms with Gasteiger partial charge in [0.25, 0.3) is 10.0 Å². The largest absolute Gasteiger partial charge is 0.398 e. The number of nitrogens with zero attached hydrogens (tertiary/aromatic N) is 2. The number of hydrogen-bond donors (Lipinski definition) is 2. The van der Waals surface area contributed by atoms with E-state index in [1.54, 1.807) is 42.9 Å². The number of rotatable bonds is 4. The topological polar surface area (TPSA) is 90.0 Å². The summed E-state index contributed by atoms with van der Waals surface area (Å²) in [5.41, 5.74) is 7.50. The quantitative estimate of drug-likeness (QED) is 0.849. The molecule has 1 heterocycles. The van der Waals surface area contributed by atoms with Crippen molar-refractivity contribution in [1.29, 1.82) is 0 Å². The van der Waals surface area contributed by atoms with E-state index in [2.05, 4.69) is 9.82 Å². The Morgan fingerprint density at radius 3 is 2.52 bits per heavy atom. The summed E-state index contributed by atoms with van der Waals surface area (Å²) in [7, 11) is -3.71. The summed E-state index contributed by atoms with van der Waals surface area (Å²) in [5.74, 6) is 0.436. The molecule has 0 radical (unpaired) electrons. The molecule has 0 unspecified atom stereocenters. The summed E-state index contributed by atoms with van der Waals surface area (Å²) in [6, 6.07) is 5.11. The molecule has 7 heteroatoms. The third-order valence-corrected chi connectivity index (χ3v) is 4.96. The van der Waals surface area contributed by atoms with Crippen molar-refractivity contribution < 1.29 is 8.42 Å². The molecular weight excluding hydrogens is 288 g/mol. The third kappa shape index (κ3) is 2.87. The van der Waals surface area contributed by atoms with Crippen molar-refractivity contribution >= 4 is 21.5 Å². The van der Waals surface area contributed by atoms with E-state index in [1.165, 1.54) is 0 Å². The van der Waals surface area contributed by atoms with Crippen LogP contribution >= 0.6 is 0 Å². The van der Waals surface area contributed by atoms with Crippen LogP contribution in [0.15, 0.2) is 29.3 Å². The van der Waals surface area contributed by atoms with Gasteiger partial charge in [0.15, 0.2) is 0 Å². The second kappa shape index (κ2) is 5.40. The van der Waals surface area contributed by atoms with Gasteiger partial charge in [-0.15, -0.1) is 0 Å². The van der Waals surface area contributed by atoms with Gasteiger partial charge in [-0.05, 0) is 44.9 Å². The monoisotopic (exact) mass is 308 g/mol. The molecule has 3 N–H and O–H groups in total. The molecule has 2 rings (SSSR count). The lowest BCUT2D eigenvalue weighted by atomic mass is 10.1. The number of aromatic nitrogens is 2. The first kappa shape index (κ1) is 15.4. The van der Waals surface area contributed by atoms with Gasteiger partial charge in [-0.1, -0.05) is 6.07 Å². The average molecular weight is 308 g/mol. The third-order valence-electron chi connectivity index (χ3n) is 3.31. The number of anilines is 2. The van der Waals surface area contributed by atoms with E-state index in [-0.39, 0.29) is 10.9 Å². The number of hydrogen-bond acceptors (Lipinski definition) is 4. The predicted molar refractivity (Wildman–Crippen MR) is 83.7 cm³/mol. The second-order valence-electron chi connectivity index (χ2n) is 5.29. The van der Waals surface area contributed by atoms with Crippen molar-refractivity contribution in [2.24, 2.45) is 0 Å². The number of nitrogens with one attached hydrogen (secondary N) is 1. The summed E-state index contributed by atoms with van der Waals surface area (Å²) in [4.78, 5) is 0.221. The molecule has 21 heavy (non-hydrogen) atoms. The van der Waals surface area contributed by atoms with E-state index < -0.39 is 10.0 Å². The first-order chi connectivity index (χ1) is 9.74. The van der Waals surface area contributed by atoms with Gasteiger partial charge in [-0.2, -0.15) is 5.10 Å². The van der Waals surface area contributed by atoms with Crippen LogP contribution < -0.4 is 10.5 Å². The van der Waals surface area contributed by atoms with Crippen LogP contribution in [0.5, 0.6) is 0 Å². The smallest absolute Gasteiger partial charge is 0.263 e. The van der Waals surface area contributed by atoms with E-state index in [0.29, 0.717) is 22.6 Å². The van der Waals surface area contributed by atoms with Gasteiger partial charge < -0.3 is 5.73 Å². The first-order valence-corrected chi connectivity index (χ1v) is 8.14. The van der Waals surface area contributed by atoms with Crippen LogP contribution in [0.3, 0.4) is 0 Å². The van der Waals surface area contributed by atoms with Crippen LogP contribution in [0.25, 0.3) is 0 Å². The van der Waals surface area contributed by atoms with Crippen LogP contribution in [0.1, 0.15) is 31.0 Å². The number of aryl methyl sites for hydroxylation is 1. The molecule has 0 aliphatic rings. The summed E-state index contributed by atoms with van der Waals surface area (Å²) in [5, 5.41) is 4.12. The van der Waals surface area contributed by atoms with Crippen molar-refractivity contribution in [2.75, 3.05) is 10.5 Å². The predicted octanol–water partition coefficient (Wildman–Crippen LogP) is 2.46. The number of sulfonamides is 1. The minimum atomic E-state index is -3.71. The summed E-state index contributed by atoms with van der Waals surface area (Å²) in [6.45, 7) is 7.32. The fraction of sp³-hybridized carbons (Fsp3) is 0.357. The lowest BCUT2D eigenvalue weighted by Gasteiger charge is -2.16. The molecule has 6 nitrogen and oxygen atoms in total. The zero-order valence-electron chi connectivity index (χ0n) is 12.6. The van der Waals surface area contributed by atoms with Gasteiger partial charge in [-0.25, -0.2) is 13.1 Å². The Morgan fingerprint density at radius 1 is 1.24 bits per heavy atom. The molecule has 1 aromatic heterocycles. The number of nitrogens with two attached hydrogens (primary N) is 1. The molecule has 0 saturated carbocycles. The van der Waals surface area contributed by atoms with Crippen LogP contribution in [0, 0.1) is 13.8 Å². The fourth-order valence-electron chi connectivity index (χ4n) is 2.25. The molecule has 0 amide bonds. The highest BCUT2D eigenvalue weighted by atomic mass is 32.2. The fourth-order valence-corrected chi connectivity index (χ4v) is 3.80. The molecule has 0 saturated heterocycles. The normalized spacial score (nSPS) is 11.9. The summed E-state index contributed by atoms with van der Waals surface area (Å²) in [6.07, 6.45) is 1.57. The Bertz CT molecular complexity index is 763. The van der Waals surface area contributed by atoms with Gasteiger partial charge in [0, 0.05) is 17.8 Å². The van der Waals surface area contributed by atoms with E-state index >= 15 is 0 Å². The lowest BCUT2D eigenvalue weighted by Crippen LogP contribution is -2.19. The van der Waals surface area contributed by atoms with E-state index in [9.17, 15) is 8.42 Å². The van der Waals surface area contributed by atoms with Gasteiger partial charge in [-0.3, -0.25) is 4.72 Å². The Hall–Kier alpha value is -2.02. The van der Waals surface area contributed by atoms with Crippen molar-refractivity contribution in [2.45, 2.75) is 38.6 Å². The minimum Gasteiger partial charge on any atom is -0.398 e. The molecule has 0 aliphatic heterocycles. The second-order valence-corrected chi connectivity index (χ2v) is 6.91. The maximum atomic E-state index is 12.7. The zero-order valence-corrected chi connectivity index (χ0v) is 13.4. The van der Waals surface area contributed by atoms with Crippen LogP contribution in [0.2, 0.25) is 0 Å². The summed E-state index contributed by atoms with van der Waals surface area (Å²) >= 11 is 0. The van der Waals surface area contributed by atoms with E-state index in [0.717, 1.165) is 0 Å². The SMILES string of the molecule is Cc1ccc(N)c(C)c1S(=O)(=O)Nc1ccnn1C(C)C. The molecule has 2 aromatic rings. The maximum absolute atomic E-state index is 12.7. The minimum absolute atomic E-state index is 0.0562. The van der Waals surface area contributed by atoms with Crippen molar-refractivity contribution in [3.05, 3.63) is 35.5 Å². The average Bonchev–Trinajstić information content (AvgIpc) is 2.81. The van der Waals surface area contributed by atoms with Crippen LogP contribution in [0.4, 0.5) is 11.5 Å². The van der Waals surface area contributed by atoms with Crippen LogP contribution in [-0.4, -0.2) is 18.2 Å². The Kier molecular flexibility index (Phi) is 3.95. The van der Waals surface area contributed by atoms with Gasteiger partial charge in [0.2, 0.25) is 0 Å². The standard InChI is InChI=1S/C14H20N4O2S/c1-9(2)18-13(7-8-16-18)17-21(19,20)14-10(3)5-6-12(15)11(14)4/h5-9,17H,15H2,1-4H3. The molecular formula is C14H20N4O2S. The molecule has 0 spiro atoms. The number of benzene rings is 1. The van der Waals surface area contributed by atoms with Gasteiger partial charge >= 0.3 is 0 Å². The highest BCUT2D eigenvalue weighted by molar-refractivity contribution is 7.92. The van der Waals surface area contributed by atoms with Gasteiger partial charge in [0.05, 0.1) is 11.1 Å². The molecule has 1 aromatic carbocycles. The maximum Gasteiger partial charge on any atom is 0.263 e. The Labute approximate surface area is 125 Å².